The van der Waals surface area contributed by atoms with E-state index in [1.807, 2.05) is 4.90 Å². The first-order valence-electron chi connectivity index (χ1n) is 7.17. The molecule has 1 aromatic heterocycles. The van der Waals surface area contributed by atoms with Crippen molar-refractivity contribution in [3.63, 3.8) is 0 Å². The van der Waals surface area contributed by atoms with Gasteiger partial charge in [0.15, 0.2) is 0 Å². The maximum absolute atomic E-state index is 12.3. The van der Waals surface area contributed by atoms with E-state index >= 15 is 0 Å². The van der Waals surface area contributed by atoms with E-state index in [4.69, 9.17) is 5.73 Å². The van der Waals surface area contributed by atoms with Crippen LogP contribution in [0.4, 0.5) is 0 Å². The summed E-state index contributed by atoms with van der Waals surface area (Å²) >= 11 is 0. The Balaban J connectivity index is 1.88. The Labute approximate surface area is 122 Å². The number of likely N-dealkylation sites (tertiary alicyclic amines) is 1. The fourth-order valence-electron chi connectivity index (χ4n) is 2.47. The predicted molar refractivity (Wildman–Crippen MR) is 73.9 cm³/mol. The minimum absolute atomic E-state index is 0.0277. The third-order valence-electron chi connectivity index (χ3n) is 3.54. The molecule has 1 aromatic rings. The van der Waals surface area contributed by atoms with Crippen molar-refractivity contribution < 1.29 is 9.59 Å². The van der Waals surface area contributed by atoms with E-state index in [1.54, 1.807) is 0 Å². The number of tetrazole rings is 1. The molecule has 0 saturated carbocycles. The van der Waals surface area contributed by atoms with Gasteiger partial charge in [-0.1, -0.05) is 0 Å². The van der Waals surface area contributed by atoms with Crippen LogP contribution in [0.2, 0.25) is 0 Å². The molecule has 0 aromatic carbocycles. The normalized spacial score (nSPS) is 18.5. The van der Waals surface area contributed by atoms with Crippen molar-refractivity contribution in [2.24, 2.45) is 5.73 Å². The smallest absolute Gasteiger partial charge is 0.244 e. The van der Waals surface area contributed by atoms with E-state index in [0.717, 1.165) is 19.3 Å². The Kier molecular flexibility index (Phi) is 5.61. The zero-order valence-electron chi connectivity index (χ0n) is 11.9. The van der Waals surface area contributed by atoms with Gasteiger partial charge in [-0.05, 0) is 29.7 Å². The van der Waals surface area contributed by atoms with Gasteiger partial charge in [0.1, 0.15) is 12.9 Å². The zero-order valence-corrected chi connectivity index (χ0v) is 11.9. The summed E-state index contributed by atoms with van der Waals surface area (Å²) in [4.78, 5) is 25.6. The molecule has 0 radical (unpaired) electrons. The third kappa shape index (κ3) is 4.48. The average Bonchev–Trinajstić information content (AvgIpc) is 2.98. The molecule has 9 heteroatoms. The molecule has 116 valence electrons. The van der Waals surface area contributed by atoms with Crippen LogP contribution in [0, 0.1) is 0 Å². The summed E-state index contributed by atoms with van der Waals surface area (Å²) in [5.74, 6) is -0.101. The highest BCUT2D eigenvalue weighted by molar-refractivity contribution is 5.77. The number of rotatable bonds is 6. The lowest BCUT2D eigenvalue weighted by molar-refractivity contribution is -0.136. The first-order valence-corrected chi connectivity index (χ1v) is 7.17. The molecule has 2 heterocycles. The fourth-order valence-corrected chi connectivity index (χ4v) is 2.47. The van der Waals surface area contributed by atoms with Crippen molar-refractivity contribution in [1.82, 2.24) is 30.4 Å². The van der Waals surface area contributed by atoms with E-state index in [1.165, 1.54) is 11.0 Å². The van der Waals surface area contributed by atoms with Crippen LogP contribution in [0.15, 0.2) is 6.33 Å². The molecule has 0 bridgehead atoms. The standard InChI is InChI=1S/C12H21N7O2/c13-5-4-11(20)14-7-10-3-1-2-6-19(10)12(21)8-18-9-15-16-17-18/h9-10H,1-8,13H2,(H,14,20). The monoisotopic (exact) mass is 295 g/mol. The van der Waals surface area contributed by atoms with Gasteiger partial charge in [0.05, 0.1) is 0 Å². The zero-order chi connectivity index (χ0) is 15.1. The van der Waals surface area contributed by atoms with E-state index in [0.29, 0.717) is 26.1 Å². The van der Waals surface area contributed by atoms with Crippen molar-refractivity contribution in [2.75, 3.05) is 19.6 Å². The fraction of sp³-hybridized carbons (Fsp3) is 0.750. The number of hydrogen-bond acceptors (Lipinski definition) is 6. The average molecular weight is 295 g/mol. The van der Waals surface area contributed by atoms with E-state index in [-0.39, 0.29) is 24.4 Å². The lowest BCUT2D eigenvalue weighted by atomic mass is 10.0. The highest BCUT2D eigenvalue weighted by Gasteiger charge is 2.27. The first-order chi connectivity index (χ1) is 10.2. The Bertz CT molecular complexity index is 462. The van der Waals surface area contributed by atoms with E-state index in [2.05, 4.69) is 20.8 Å². The van der Waals surface area contributed by atoms with Crippen LogP contribution in [-0.4, -0.2) is 62.6 Å². The van der Waals surface area contributed by atoms with Gasteiger partial charge in [-0.15, -0.1) is 5.10 Å². The molecule has 1 aliphatic heterocycles. The first kappa shape index (κ1) is 15.4. The van der Waals surface area contributed by atoms with Crippen molar-refractivity contribution in [2.45, 2.75) is 38.3 Å². The topological polar surface area (TPSA) is 119 Å². The number of carbonyl (C=O) groups excluding carboxylic acids is 2. The van der Waals surface area contributed by atoms with Gasteiger partial charge in [-0.25, -0.2) is 4.68 Å². The highest BCUT2D eigenvalue weighted by Crippen LogP contribution is 2.17. The minimum Gasteiger partial charge on any atom is -0.354 e. The molecule has 0 aliphatic carbocycles. The van der Waals surface area contributed by atoms with Crippen LogP contribution in [0.25, 0.3) is 0 Å². The van der Waals surface area contributed by atoms with Crippen molar-refractivity contribution in [3.8, 4) is 0 Å². The summed E-state index contributed by atoms with van der Waals surface area (Å²) < 4.78 is 1.40. The van der Waals surface area contributed by atoms with Gasteiger partial charge in [-0.3, -0.25) is 9.59 Å². The number of hydrogen-bond donors (Lipinski definition) is 2. The highest BCUT2D eigenvalue weighted by atomic mass is 16.2. The molecule has 0 spiro atoms. The second-order valence-corrected chi connectivity index (χ2v) is 5.09. The van der Waals surface area contributed by atoms with E-state index < -0.39 is 0 Å². The van der Waals surface area contributed by atoms with Crippen LogP contribution < -0.4 is 11.1 Å². The van der Waals surface area contributed by atoms with Gasteiger partial charge in [0, 0.05) is 32.1 Å². The lowest BCUT2D eigenvalue weighted by Gasteiger charge is -2.35. The number of nitrogens with two attached hydrogens (primary N) is 1. The van der Waals surface area contributed by atoms with Crippen LogP contribution in [-0.2, 0) is 16.1 Å². The molecule has 2 amide bonds. The van der Waals surface area contributed by atoms with Gasteiger partial charge >= 0.3 is 0 Å². The number of amides is 2. The summed E-state index contributed by atoms with van der Waals surface area (Å²) in [6.45, 7) is 1.64. The molecule has 1 unspecified atom stereocenters. The maximum Gasteiger partial charge on any atom is 0.244 e. The van der Waals surface area contributed by atoms with Gasteiger partial charge in [0.25, 0.3) is 0 Å². The molecule has 1 saturated heterocycles. The summed E-state index contributed by atoms with van der Waals surface area (Å²) in [7, 11) is 0. The summed E-state index contributed by atoms with van der Waals surface area (Å²) in [6.07, 6.45) is 4.66. The second kappa shape index (κ2) is 7.67. The molecule has 2 rings (SSSR count). The Hall–Kier alpha value is -2.03. The molecular weight excluding hydrogens is 274 g/mol. The van der Waals surface area contributed by atoms with Crippen LogP contribution in [0.5, 0.6) is 0 Å². The number of piperidine rings is 1. The summed E-state index contributed by atoms with van der Waals surface area (Å²) in [6, 6.07) is 0.0319. The Morgan fingerprint density at radius 2 is 2.24 bits per heavy atom. The second-order valence-electron chi connectivity index (χ2n) is 5.09. The van der Waals surface area contributed by atoms with Crippen molar-refractivity contribution in [1.29, 1.82) is 0 Å². The van der Waals surface area contributed by atoms with Gasteiger partial charge < -0.3 is 16.0 Å². The molecular formula is C12H21N7O2. The number of carbonyl (C=O) groups is 2. The number of aromatic nitrogens is 4. The summed E-state index contributed by atoms with van der Waals surface area (Å²) in [5, 5.41) is 13.6. The van der Waals surface area contributed by atoms with Gasteiger partial charge in [0.2, 0.25) is 11.8 Å². The molecule has 1 atom stereocenters. The SMILES string of the molecule is NCCC(=O)NCC1CCCCN1C(=O)Cn1cnnn1. The molecule has 1 fully saturated rings. The number of nitrogens with one attached hydrogen (secondary N) is 1. The van der Waals surface area contributed by atoms with Crippen molar-refractivity contribution >= 4 is 11.8 Å². The molecule has 3 N–H and O–H groups in total. The molecule has 1 aliphatic rings. The van der Waals surface area contributed by atoms with Gasteiger partial charge in [-0.2, -0.15) is 0 Å². The Morgan fingerprint density at radius 3 is 2.95 bits per heavy atom. The van der Waals surface area contributed by atoms with Crippen LogP contribution in [0.3, 0.4) is 0 Å². The quantitative estimate of drug-likeness (QED) is 0.660. The van der Waals surface area contributed by atoms with Crippen LogP contribution >= 0.6 is 0 Å². The van der Waals surface area contributed by atoms with Crippen LogP contribution in [0.1, 0.15) is 25.7 Å². The number of nitrogens with zero attached hydrogens (tertiary/aromatic N) is 5. The predicted octanol–water partition coefficient (Wildman–Crippen LogP) is -1.48. The lowest BCUT2D eigenvalue weighted by Crippen LogP contribution is -2.50. The van der Waals surface area contributed by atoms with Crippen molar-refractivity contribution in [3.05, 3.63) is 6.33 Å². The minimum atomic E-state index is -0.0732. The molecule has 9 nitrogen and oxygen atoms in total. The largest absolute Gasteiger partial charge is 0.354 e. The Morgan fingerprint density at radius 1 is 1.38 bits per heavy atom. The third-order valence-corrected chi connectivity index (χ3v) is 3.54. The maximum atomic E-state index is 12.3. The van der Waals surface area contributed by atoms with E-state index in [9.17, 15) is 9.59 Å². The summed E-state index contributed by atoms with van der Waals surface area (Å²) in [5.41, 5.74) is 5.34. The molecule has 21 heavy (non-hydrogen) atoms.